The number of amides is 1. The number of hydrogen-bond donors (Lipinski definition) is 1. The van der Waals surface area contributed by atoms with E-state index in [0.29, 0.717) is 31.9 Å². The molecule has 0 aliphatic carbocycles. The number of nitrogens with zero attached hydrogens (tertiary/aromatic N) is 4. The molecule has 1 fully saturated rings. The number of aryl methyl sites for hydroxylation is 1. The highest BCUT2D eigenvalue weighted by atomic mass is 16.4. The molecular weight excluding hydrogens is 248 g/mol. The van der Waals surface area contributed by atoms with Gasteiger partial charge in [-0.3, -0.25) is 19.5 Å². The lowest BCUT2D eigenvalue weighted by atomic mass is 10.2. The van der Waals surface area contributed by atoms with Crippen LogP contribution in [0.5, 0.6) is 0 Å². The maximum absolute atomic E-state index is 12.1. The summed E-state index contributed by atoms with van der Waals surface area (Å²) in [5.74, 6) is -0.994. The molecule has 1 aromatic rings. The monoisotopic (exact) mass is 264 g/mol. The summed E-state index contributed by atoms with van der Waals surface area (Å²) in [5, 5.41) is 8.70. The van der Waals surface area contributed by atoms with Crippen LogP contribution >= 0.6 is 0 Å². The third-order valence-electron chi connectivity index (χ3n) is 3.02. The highest BCUT2D eigenvalue weighted by Gasteiger charge is 2.23. The third-order valence-corrected chi connectivity index (χ3v) is 3.02. The maximum Gasteiger partial charge on any atom is 0.317 e. The van der Waals surface area contributed by atoms with Gasteiger partial charge in [0, 0.05) is 32.4 Å². The van der Waals surface area contributed by atoms with Crippen LogP contribution < -0.4 is 0 Å². The quantitative estimate of drug-likeness (QED) is 0.801. The molecule has 0 aromatic carbocycles. The molecule has 0 atom stereocenters. The smallest absolute Gasteiger partial charge is 0.317 e. The van der Waals surface area contributed by atoms with Crippen molar-refractivity contribution in [1.29, 1.82) is 0 Å². The molecule has 1 N–H and O–H groups in total. The summed E-state index contributed by atoms with van der Waals surface area (Å²) in [6.07, 6.45) is 3.04. The largest absolute Gasteiger partial charge is 0.480 e. The molecule has 7 nitrogen and oxygen atoms in total. The fourth-order valence-corrected chi connectivity index (χ4v) is 1.97. The number of rotatable bonds is 3. The molecule has 2 rings (SSSR count). The Labute approximate surface area is 110 Å². The van der Waals surface area contributed by atoms with E-state index in [2.05, 4.69) is 9.97 Å². The summed E-state index contributed by atoms with van der Waals surface area (Å²) in [7, 11) is 0. The summed E-state index contributed by atoms with van der Waals surface area (Å²) >= 11 is 0. The molecule has 19 heavy (non-hydrogen) atoms. The van der Waals surface area contributed by atoms with Crippen LogP contribution in [0.1, 0.15) is 16.2 Å². The molecule has 2 heterocycles. The van der Waals surface area contributed by atoms with E-state index in [9.17, 15) is 9.59 Å². The van der Waals surface area contributed by atoms with Crippen molar-refractivity contribution in [2.75, 3.05) is 32.7 Å². The average molecular weight is 264 g/mol. The van der Waals surface area contributed by atoms with Gasteiger partial charge in [-0.2, -0.15) is 0 Å². The van der Waals surface area contributed by atoms with Crippen LogP contribution in [0.3, 0.4) is 0 Å². The van der Waals surface area contributed by atoms with Gasteiger partial charge >= 0.3 is 5.97 Å². The van der Waals surface area contributed by atoms with Crippen molar-refractivity contribution < 1.29 is 14.7 Å². The first-order valence-electron chi connectivity index (χ1n) is 6.08. The van der Waals surface area contributed by atoms with E-state index in [4.69, 9.17) is 5.11 Å². The Morgan fingerprint density at radius 2 is 1.89 bits per heavy atom. The van der Waals surface area contributed by atoms with Crippen LogP contribution in [0.15, 0.2) is 12.4 Å². The van der Waals surface area contributed by atoms with Gasteiger partial charge in [0.1, 0.15) is 5.69 Å². The number of hydrogen-bond acceptors (Lipinski definition) is 5. The Morgan fingerprint density at radius 1 is 1.21 bits per heavy atom. The SMILES string of the molecule is Cc1cnc(C(=O)N2CCN(CC(=O)O)CC2)cn1. The minimum Gasteiger partial charge on any atom is -0.480 e. The fourth-order valence-electron chi connectivity index (χ4n) is 1.97. The van der Waals surface area contributed by atoms with Crippen LogP contribution in [0.2, 0.25) is 0 Å². The molecule has 7 heteroatoms. The molecule has 1 saturated heterocycles. The van der Waals surface area contributed by atoms with E-state index in [1.807, 2.05) is 11.8 Å². The van der Waals surface area contributed by atoms with E-state index in [1.54, 1.807) is 11.1 Å². The zero-order chi connectivity index (χ0) is 13.8. The number of aromatic nitrogens is 2. The van der Waals surface area contributed by atoms with Gasteiger partial charge in [-0.1, -0.05) is 0 Å². The highest BCUT2D eigenvalue weighted by molar-refractivity contribution is 5.92. The number of carboxylic acids is 1. The Hall–Kier alpha value is -2.02. The molecular formula is C12H16N4O3. The standard InChI is InChI=1S/C12H16N4O3/c1-9-6-14-10(7-13-9)12(19)16-4-2-15(3-5-16)8-11(17)18/h6-7H,2-5,8H2,1H3,(H,17,18). The van der Waals surface area contributed by atoms with Gasteiger partial charge in [0.05, 0.1) is 18.4 Å². The molecule has 1 aliphatic heterocycles. The summed E-state index contributed by atoms with van der Waals surface area (Å²) in [6, 6.07) is 0. The van der Waals surface area contributed by atoms with Gasteiger partial charge in [-0.15, -0.1) is 0 Å². The number of carboxylic acid groups (broad SMARTS) is 1. The zero-order valence-electron chi connectivity index (χ0n) is 10.7. The second-order valence-electron chi connectivity index (χ2n) is 4.51. The molecule has 0 saturated carbocycles. The molecule has 0 radical (unpaired) electrons. The van der Waals surface area contributed by atoms with Crippen LogP contribution in [-0.2, 0) is 4.79 Å². The normalized spacial score (nSPS) is 16.4. The Balaban J connectivity index is 1.92. The summed E-state index contributed by atoms with van der Waals surface area (Å²) in [4.78, 5) is 34.3. The Kier molecular flexibility index (Phi) is 4.06. The minimum absolute atomic E-state index is 0.0202. The molecule has 1 amide bonds. The van der Waals surface area contributed by atoms with Crippen molar-refractivity contribution in [3.05, 3.63) is 23.8 Å². The Morgan fingerprint density at radius 3 is 2.42 bits per heavy atom. The van der Waals surface area contributed by atoms with Crippen molar-refractivity contribution in [1.82, 2.24) is 19.8 Å². The van der Waals surface area contributed by atoms with E-state index >= 15 is 0 Å². The van der Waals surface area contributed by atoms with Gasteiger partial charge in [0.25, 0.3) is 5.91 Å². The molecule has 0 spiro atoms. The topological polar surface area (TPSA) is 86.6 Å². The second kappa shape index (κ2) is 5.75. The summed E-state index contributed by atoms with van der Waals surface area (Å²) in [6.45, 7) is 4.00. The lowest BCUT2D eigenvalue weighted by Crippen LogP contribution is -2.50. The van der Waals surface area contributed by atoms with Gasteiger partial charge in [-0.05, 0) is 6.92 Å². The minimum atomic E-state index is -0.843. The number of carbonyl (C=O) groups is 2. The first-order chi connectivity index (χ1) is 9.06. The van der Waals surface area contributed by atoms with Crippen molar-refractivity contribution in [3.63, 3.8) is 0 Å². The van der Waals surface area contributed by atoms with E-state index in [0.717, 1.165) is 5.69 Å². The molecule has 0 unspecified atom stereocenters. The fraction of sp³-hybridized carbons (Fsp3) is 0.500. The van der Waals surface area contributed by atoms with Crippen molar-refractivity contribution >= 4 is 11.9 Å². The van der Waals surface area contributed by atoms with Crippen molar-refractivity contribution in [2.45, 2.75) is 6.92 Å². The lowest BCUT2D eigenvalue weighted by Gasteiger charge is -2.33. The third kappa shape index (κ3) is 3.47. The maximum atomic E-state index is 12.1. The first kappa shape index (κ1) is 13.4. The van der Waals surface area contributed by atoms with E-state index in [-0.39, 0.29) is 12.5 Å². The van der Waals surface area contributed by atoms with E-state index < -0.39 is 5.97 Å². The lowest BCUT2D eigenvalue weighted by molar-refractivity contribution is -0.138. The summed E-state index contributed by atoms with van der Waals surface area (Å²) in [5.41, 5.74) is 1.10. The van der Waals surface area contributed by atoms with Crippen molar-refractivity contribution in [3.8, 4) is 0 Å². The van der Waals surface area contributed by atoms with Crippen LogP contribution in [-0.4, -0.2) is 69.5 Å². The van der Waals surface area contributed by atoms with Crippen LogP contribution in [0, 0.1) is 6.92 Å². The van der Waals surface area contributed by atoms with Crippen LogP contribution in [0.4, 0.5) is 0 Å². The van der Waals surface area contributed by atoms with Crippen molar-refractivity contribution in [2.24, 2.45) is 0 Å². The number of piperazine rings is 1. The highest BCUT2D eigenvalue weighted by Crippen LogP contribution is 2.06. The second-order valence-corrected chi connectivity index (χ2v) is 4.51. The Bertz CT molecular complexity index is 466. The average Bonchev–Trinajstić information content (AvgIpc) is 2.39. The van der Waals surface area contributed by atoms with E-state index in [1.165, 1.54) is 6.20 Å². The summed E-state index contributed by atoms with van der Waals surface area (Å²) < 4.78 is 0. The molecule has 1 aromatic heterocycles. The van der Waals surface area contributed by atoms with Gasteiger partial charge in [0.15, 0.2) is 0 Å². The molecule has 1 aliphatic rings. The predicted octanol–water partition coefficient (Wildman–Crippen LogP) is -0.373. The van der Waals surface area contributed by atoms with Crippen LogP contribution in [0.25, 0.3) is 0 Å². The zero-order valence-corrected chi connectivity index (χ0v) is 10.7. The predicted molar refractivity (Wildman–Crippen MR) is 66.7 cm³/mol. The van der Waals surface area contributed by atoms with Gasteiger partial charge in [0.2, 0.25) is 0 Å². The van der Waals surface area contributed by atoms with Gasteiger partial charge < -0.3 is 10.0 Å². The number of aliphatic carboxylic acids is 1. The van der Waals surface area contributed by atoms with Gasteiger partial charge in [-0.25, -0.2) is 4.98 Å². The first-order valence-corrected chi connectivity index (χ1v) is 6.08. The molecule has 0 bridgehead atoms. The molecule has 102 valence electrons. The number of carbonyl (C=O) groups excluding carboxylic acids is 1.